The standard InChI is InChI=1S/C24H24F2N4O2/c1-31-20-11-18-17(10-21(20)32-13-22(25)26)16-4-2-3-5-19(16)29-24(18)15-6-7-23(28-12-15)30-9-8-27-14-30/h6-12,14,16,19,22H,2-5,13H2,1H3/t16-,19-/m1/s1. The zero-order valence-corrected chi connectivity index (χ0v) is 17.7. The number of rotatable bonds is 6. The zero-order chi connectivity index (χ0) is 22.1. The van der Waals surface area contributed by atoms with Crippen molar-refractivity contribution in [3.63, 3.8) is 0 Å². The molecular formula is C24H24F2N4O2. The Kier molecular flexibility index (Phi) is 5.59. The van der Waals surface area contributed by atoms with Crippen molar-refractivity contribution in [2.45, 2.75) is 44.1 Å². The van der Waals surface area contributed by atoms with Gasteiger partial charge in [0, 0.05) is 35.6 Å². The molecule has 166 valence electrons. The molecule has 32 heavy (non-hydrogen) atoms. The Bertz CT molecular complexity index is 1110. The van der Waals surface area contributed by atoms with Crippen LogP contribution in [0.25, 0.3) is 5.82 Å². The Hall–Kier alpha value is -3.29. The van der Waals surface area contributed by atoms with Crippen molar-refractivity contribution >= 4 is 5.71 Å². The van der Waals surface area contributed by atoms with Gasteiger partial charge in [-0.05, 0) is 42.7 Å². The van der Waals surface area contributed by atoms with E-state index < -0.39 is 13.0 Å². The van der Waals surface area contributed by atoms with E-state index in [4.69, 9.17) is 14.5 Å². The van der Waals surface area contributed by atoms with Gasteiger partial charge in [-0.15, -0.1) is 0 Å². The number of pyridine rings is 1. The van der Waals surface area contributed by atoms with E-state index in [-0.39, 0.29) is 12.0 Å². The number of benzene rings is 1. The Balaban J connectivity index is 1.57. The van der Waals surface area contributed by atoms with Crippen LogP contribution in [-0.4, -0.2) is 46.4 Å². The molecule has 0 amide bonds. The van der Waals surface area contributed by atoms with Crippen molar-refractivity contribution in [2.24, 2.45) is 4.99 Å². The number of aliphatic imine (C=N–C) groups is 1. The van der Waals surface area contributed by atoms with Gasteiger partial charge in [-0.2, -0.15) is 0 Å². The first-order chi connectivity index (χ1) is 15.6. The number of nitrogens with zero attached hydrogens (tertiary/aromatic N) is 4. The summed E-state index contributed by atoms with van der Waals surface area (Å²) < 4.78 is 38.3. The first kappa shape index (κ1) is 20.6. The number of hydrogen-bond acceptors (Lipinski definition) is 5. The number of methoxy groups -OCH3 is 1. The van der Waals surface area contributed by atoms with E-state index in [1.165, 1.54) is 7.11 Å². The number of fused-ring (bicyclic) bond motifs is 3. The molecule has 8 heteroatoms. The van der Waals surface area contributed by atoms with Crippen LogP contribution in [0.4, 0.5) is 8.78 Å². The molecule has 0 N–H and O–H groups in total. The van der Waals surface area contributed by atoms with E-state index >= 15 is 0 Å². The highest BCUT2D eigenvalue weighted by molar-refractivity contribution is 6.14. The van der Waals surface area contributed by atoms with Crippen molar-refractivity contribution in [3.8, 4) is 17.3 Å². The minimum absolute atomic E-state index is 0.163. The lowest BCUT2D eigenvalue weighted by Crippen LogP contribution is -2.29. The molecule has 3 aromatic rings. The molecule has 0 saturated heterocycles. The number of aromatic nitrogens is 3. The normalized spacial score (nSPS) is 19.8. The second kappa shape index (κ2) is 8.68. The van der Waals surface area contributed by atoms with Gasteiger partial charge in [0.1, 0.15) is 18.8 Å². The number of imidazole rings is 1. The monoisotopic (exact) mass is 438 g/mol. The summed E-state index contributed by atoms with van der Waals surface area (Å²) in [7, 11) is 1.52. The summed E-state index contributed by atoms with van der Waals surface area (Å²) in [6.07, 6.45) is 8.81. The maximum atomic E-state index is 12.8. The molecule has 1 fully saturated rings. The molecular weight excluding hydrogens is 414 g/mol. The minimum atomic E-state index is -2.55. The summed E-state index contributed by atoms with van der Waals surface area (Å²) in [6, 6.07) is 7.84. The summed E-state index contributed by atoms with van der Waals surface area (Å²) in [4.78, 5) is 13.8. The van der Waals surface area contributed by atoms with Crippen LogP contribution >= 0.6 is 0 Å². The van der Waals surface area contributed by atoms with E-state index in [1.54, 1.807) is 12.5 Å². The lowest BCUT2D eigenvalue weighted by atomic mass is 9.75. The molecule has 0 bridgehead atoms. The Labute approximate surface area is 184 Å². The van der Waals surface area contributed by atoms with Crippen LogP contribution in [0, 0.1) is 0 Å². The second-order valence-corrected chi connectivity index (χ2v) is 8.10. The van der Waals surface area contributed by atoms with Crippen LogP contribution in [0.2, 0.25) is 0 Å². The average molecular weight is 438 g/mol. The largest absolute Gasteiger partial charge is 0.493 e. The third kappa shape index (κ3) is 3.85. The van der Waals surface area contributed by atoms with Crippen LogP contribution in [0.15, 0.2) is 54.2 Å². The van der Waals surface area contributed by atoms with Crippen molar-refractivity contribution in [1.82, 2.24) is 14.5 Å². The Morgan fingerprint density at radius 1 is 1.16 bits per heavy atom. The molecule has 3 heterocycles. The molecule has 1 aliphatic heterocycles. The predicted molar refractivity (Wildman–Crippen MR) is 116 cm³/mol. The SMILES string of the molecule is COc1cc2c(cc1OCC(F)F)[C@H]1CCCC[C@H]1N=C2c1ccc(-n2ccnc2)nc1. The lowest BCUT2D eigenvalue weighted by Gasteiger charge is -2.35. The molecule has 1 saturated carbocycles. The van der Waals surface area contributed by atoms with Crippen LogP contribution in [-0.2, 0) is 0 Å². The topological polar surface area (TPSA) is 61.5 Å². The van der Waals surface area contributed by atoms with Crippen LogP contribution < -0.4 is 9.47 Å². The third-order valence-electron chi connectivity index (χ3n) is 6.17. The zero-order valence-electron chi connectivity index (χ0n) is 17.7. The summed E-state index contributed by atoms with van der Waals surface area (Å²) in [5.41, 5.74) is 3.80. The summed E-state index contributed by atoms with van der Waals surface area (Å²) in [6.45, 7) is -0.663. The third-order valence-corrected chi connectivity index (χ3v) is 6.17. The fraction of sp³-hybridized carbons (Fsp3) is 0.375. The minimum Gasteiger partial charge on any atom is -0.493 e. The highest BCUT2D eigenvalue weighted by Crippen LogP contribution is 2.44. The van der Waals surface area contributed by atoms with Crippen LogP contribution in [0.3, 0.4) is 0 Å². The fourth-order valence-electron chi connectivity index (χ4n) is 4.68. The molecule has 1 aromatic carbocycles. The molecule has 6 nitrogen and oxygen atoms in total. The quantitative estimate of drug-likeness (QED) is 0.555. The second-order valence-electron chi connectivity index (χ2n) is 8.10. The summed E-state index contributed by atoms with van der Waals surface area (Å²) in [5.74, 6) is 1.80. The van der Waals surface area contributed by atoms with Crippen molar-refractivity contribution in [1.29, 1.82) is 0 Å². The van der Waals surface area contributed by atoms with Crippen molar-refractivity contribution in [2.75, 3.05) is 13.7 Å². The van der Waals surface area contributed by atoms with Gasteiger partial charge in [0.05, 0.1) is 18.9 Å². The summed E-state index contributed by atoms with van der Waals surface area (Å²) in [5, 5.41) is 0. The van der Waals surface area contributed by atoms with Gasteiger partial charge in [-0.3, -0.25) is 9.56 Å². The molecule has 0 spiro atoms. The first-order valence-corrected chi connectivity index (χ1v) is 10.8. The van der Waals surface area contributed by atoms with Crippen molar-refractivity contribution < 1.29 is 18.3 Å². The average Bonchev–Trinajstić information content (AvgIpc) is 3.37. The molecule has 2 aromatic heterocycles. The Morgan fingerprint density at radius 2 is 2.03 bits per heavy atom. The predicted octanol–water partition coefficient (Wildman–Crippen LogP) is 4.80. The maximum absolute atomic E-state index is 12.8. The number of ether oxygens (including phenoxy) is 2. The van der Waals surface area contributed by atoms with E-state index in [1.807, 2.05) is 41.2 Å². The molecule has 0 unspecified atom stereocenters. The van der Waals surface area contributed by atoms with Gasteiger partial charge in [0.2, 0.25) is 0 Å². The van der Waals surface area contributed by atoms with E-state index in [0.29, 0.717) is 11.5 Å². The maximum Gasteiger partial charge on any atom is 0.272 e. The van der Waals surface area contributed by atoms with Gasteiger partial charge in [0.15, 0.2) is 11.5 Å². The molecule has 2 atom stereocenters. The number of alkyl halides is 2. The highest BCUT2D eigenvalue weighted by Gasteiger charge is 2.34. The van der Waals surface area contributed by atoms with Crippen LogP contribution in [0.1, 0.15) is 48.3 Å². The summed E-state index contributed by atoms with van der Waals surface area (Å²) >= 11 is 0. The number of halogens is 2. The molecule has 2 aliphatic rings. The van der Waals surface area contributed by atoms with E-state index in [0.717, 1.165) is 53.9 Å². The Morgan fingerprint density at radius 3 is 2.75 bits per heavy atom. The highest BCUT2D eigenvalue weighted by atomic mass is 19.3. The van der Waals surface area contributed by atoms with Crippen LogP contribution in [0.5, 0.6) is 11.5 Å². The molecule has 0 radical (unpaired) electrons. The number of hydrogen-bond donors (Lipinski definition) is 0. The molecule has 5 rings (SSSR count). The van der Waals surface area contributed by atoms with Gasteiger partial charge < -0.3 is 9.47 Å². The van der Waals surface area contributed by atoms with Crippen molar-refractivity contribution in [3.05, 3.63) is 65.9 Å². The first-order valence-electron chi connectivity index (χ1n) is 10.8. The smallest absolute Gasteiger partial charge is 0.272 e. The molecule has 1 aliphatic carbocycles. The van der Waals surface area contributed by atoms with Gasteiger partial charge in [-0.1, -0.05) is 12.8 Å². The van der Waals surface area contributed by atoms with E-state index in [2.05, 4.69) is 9.97 Å². The van der Waals surface area contributed by atoms with Gasteiger partial charge in [-0.25, -0.2) is 18.7 Å². The lowest BCUT2D eigenvalue weighted by molar-refractivity contribution is 0.0803. The van der Waals surface area contributed by atoms with Gasteiger partial charge >= 0.3 is 0 Å². The van der Waals surface area contributed by atoms with Gasteiger partial charge in [0.25, 0.3) is 6.43 Å². The fourth-order valence-corrected chi connectivity index (χ4v) is 4.68. The van der Waals surface area contributed by atoms with E-state index in [9.17, 15) is 8.78 Å².